The summed E-state index contributed by atoms with van der Waals surface area (Å²) in [6.07, 6.45) is 8.01. The summed E-state index contributed by atoms with van der Waals surface area (Å²) in [5, 5.41) is 9.80. The number of H-pyrrole nitrogens is 2. The van der Waals surface area contributed by atoms with Crippen molar-refractivity contribution in [1.29, 1.82) is 0 Å². The lowest BCUT2D eigenvalue weighted by Crippen LogP contribution is -2.26. The Bertz CT molecular complexity index is 1210. The molecule has 4 aromatic rings. The summed E-state index contributed by atoms with van der Waals surface area (Å²) in [6.45, 7) is 9.01. The van der Waals surface area contributed by atoms with Crippen LogP contribution in [0.15, 0.2) is 48.8 Å². The molecule has 1 aliphatic rings. The van der Waals surface area contributed by atoms with Gasteiger partial charge in [-0.15, -0.1) is 0 Å². The molecule has 174 valence electrons. The molecule has 5 heteroatoms. The molecule has 0 radical (unpaired) electrons. The molecule has 5 nitrogen and oxygen atoms in total. The second-order valence-electron chi connectivity index (χ2n) is 9.74. The van der Waals surface area contributed by atoms with Gasteiger partial charge in [0.05, 0.1) is 0 Å². The van der Waals surface area contributed by atoms with E-state index in [2.05, 4.69) is 95.2 Å². The fourth-order valence-corrected chi connectivity index (χ4v) is 5.22. The van der Waals surface area contributed by atoms with Gasteiger partial charge in [0.25, 0.3) is 0 Å². The van der Waals surface area contributed by atoms with Gasteiger partial charge in [-0.1, -0.05) is 19.9 Å². The number of nitrogens with zero attached hydrogens (tertiary/aromatic N) is 1. The summed E-state index contributed by atoms with van der Waals surface area (Å²) in [6, 6.07) is 13.4. The van der Waals surface area contributed by atoms with Crippen molar-refractivity contribution >= 4 is 33.2 Å². The molecule has 1 atom stereocenters. The molecule has 1 unspecified atom stereocenters. The number of aromatic amines is 2. The highest BCUT2D eigenvalue weighted by molar-refractivity contribution is 5.90. The van der Waals surface area contributed by atoms with Crippen LogP contribution in [0.4, 0.5) is 11.4 Å². The van der Waals surface area contributed by atoms with E-state index in [0.717, 1.165) is 37.6 Å². The van der Waals surface area contributed by atoms with Crippen molar-refractivity contribution in [1.82, 2.24) is 20.2 Å². The van der Waals surface area contributed by atoms with Gasteiger partial charge in [0.2, 0.25) is 0 Å². The summed E-state index contributed by atoms with van der Waals surface area (Å²) in [5.41, 5.74) is 7.56. The Morgan fingerprint density at radius 3 is 2.55 bits per heavy atom. The van der Waals surface area contributed by atoms with Gasteiger partial charge >= 0.3 is 0 Å². The molecule has 1 fully saturated rings. The first kappa shape index (κ1) is 22.1. The van der Waals surface area contributed by atoms with Crippen LogP contribution in [0.1, 0.15) is 56.1 Å². The van der Waals surface area contributed by atoms with E-state index < -0.39 is 0 Å². The maximum Gasteiger partial charge on any atom is 0.0477 e. The molecule has 0 bridgehead atoms. The first-order chi connectivity index (χ1) is 16.1. The largest absolute Gasteiger partial charge is 0.361 e. The SMILES string of the molecule is CCN(C)CCC(C)c1c[nH]c2cc(Nc3ccc4[nH]cc(C5CCNCC5)c4c3)ccc12. The third-order valence-corrected chi connectivity index (χ3v) is 7.51. The molecule has 2 aromatic heterocycles. The van der Waals surface area contributed by atoms with Gasteiger partial charge in [0.15, 0.2) is 0 Å². The molecule has 5 rings (SSSR count). The van der Waals surface area contributed by atoms with Crippen molar-refractivity contribution in [3.63, 3.8) is 0 Å². The Hall–Kier alpha value is -2.76. The van der Waals surface area contributed by atoms with Gasteiger partial charge < -0.3 is 25.5 Å². The smallest absolute Gasteiger partial charge is 0.0477 e. The Balaban J connectivity index is 1.34. The second-order valence-corrected chi connectivity index (χ2v) is 9.74. The zero-order chi connectivity index (χ0) is 22.8. The average Bonchev–Trinajstić information content (AvgIpc) is 3.46. The van der Waals surface area contributed by atoms with Gasteiger partial charge in [0, 0.05) is 45.6 Å². The quantitative estimate of drug-likeness (QED) is 0.258. The number of aromatic nitrogens is 2. The molecule has 33 heavy (non-hydrogen) atoms. The van der Waals surface area contributed by atoms with E-state index in [0.29, 0.717) is 11.8 Å². The van der Waals surface area contributed by atoms with Gasteiger partial charge in [-0.3, -0.25) is 0 Å². The molecule has 0 aliphatic carbocycles. The molecular formula is C28H37N5. The summed E-state index contributed by atoms with van der Waals surface area (Å²) in [5.74, 6) is 1.18. The van der Waals surface area contributed by atoms with Crippen LogP contribution < -0.4 is 10.6 Å². The highest BCUT2D eigenvalue weighted by Crippen LogP contribution is 2.34. The minimum absolute atomic E-state index is 0.538. The number of hydrogen-bond donors (Lipinski definition) is 4. The van der Waals surface area contributed by atoms with Crippen molar-refractivity contribution in [3.05, 3.63) is 59.9 Å². The molecule has 0 amide bonds. The lowest BCUT2D eigenvalue weighted by atomic mass is 9.90. The summed E-state index contributed by atoms with van der Waals surface area (Å²) < 4.78 is 0. The number of piperidine rings is 1. The maximum absolute atomic E-state index is 3.64. The van der Waals surface area contributed by atoms with E-state index in [4.69, 9.17) is 0 Å². The number of anilines is 2. The van der Waals surface area contributed by atoms with E-state index >= 15 is 0 Å². The van der Waals surface area contributed by atoms with Gasteiger partial charge in [-0.05, 0) is 106 Å². The Morgan fingerprint density at radius 2 is 1.73 bits per heavy atom. The maximum atomic E-state index is 3.64. The minimum Gasteiger partial charge on any atom is -0.361 e. The standard InChI is InChI=1S/C28H37N5/c1-4-33(3)14-11-19(2)25-17-31-28-16-22(5-7-23(25)28)32-21-6-8-27-24(15-21)26(18-30-27)20-9-12-29-13-10-20/h5-8,15-20,29-32H,4,9-14H2,1-3H3. The number of benzene rings is 2. The van der Waals surface area contributed by atoms with E-state index in [-0.39, 0.29) is 0 Å². The van der Waals surface area contributed by atoms with Gasteiger partial charge in [-0.25, -0.2) is 0 Å². The topological polar surface area (TPSA) is 58.9 Å². The van der Waals surface area contributed by atoms with E-state index in [1.165, 1.54) is 52.2 Å². The Morgan fingerprint density at radius 1 is 0.970 bits per heavy atom. The molecule has 0 saturated carbocycles. The van der Waals surface area contributed by atoms with Crippen molar-refractivity contribution in [2.24, 2.45) is 0 Å². The number of hydrogen-bond acceptors (Lipinski definition) is 3. The van der Waals surface area contributed by atoms with Crippen LogP contribution in [0.25, 0.3) is 21.8 Å². The van der Waals surface area contributed by atoms with E-state index in [1.807, 2.05) is 0 Å². The lowest BCUT2D eigenvalue weighted by Gasteiger charge is -2.22. The molecule has 2 aromatic carbocycles. The Labute approximate surface area is 197 Å². The molecule has 4 N–H and O–H groups in total. The first-order valence-electron chi connectivity index (χ1n) is 12.5. The highest BCUT2D eigenvalue weighted by atomic mass is 15.1. The minimum atomic E-state index is 0.538. The third kappa shape index (κ3) is 4.66. The fourth-order valence-electron chi connectivity index (χ4n) is 5.22. The van der Waals surface area contributed by atoms with Crippen molar-refractivity contribution in [3.8, 4) is 0 Å². The van der Waals surface area contributed by atoms with Crippen LogP contribution in [0, 0.1) is 0 Å². The molecule has 1 aliphatic heterocycles. The fraction of sp³-hybridized carbons (Fsp3) is 0.429. The molecule has 1 saturated heterocycles. The third-order valence-electron chi connectivity index (χ3n) is 7.51. The van der Waals surface area contributed by atoms with Crippen LogP contribution >= 0.6 is 0 Å². The zero-order valence-corrected chi connectivity index (χ0v) is 20.2. The van der Waals surface area contributed by atoms with Crippen LogP contribution in [-0.2, 0) is 0 Å². The first-order valence-corrected chi connectivity index (χ1v) is 12.5. The van der Waals surface area contributed by atoms with Crippen LogP contribution in [0.5, 0.6) is 0 Å². The highest BCUT2D eigenvalue weighted by Gasteiger charge is 2.19. The van der Waals surface area contributed by atoms with Crippen LogP contribution in [-0.4, -0.2) is 48.1 Å². The van der Waals surface area contributed by atoms with Gasteiger partial charge in [0.1, 0.15) is 0 Å². The summed E-state index contributed by atoms with van der Waals surface area (Å²) >= 11 is 0. The predicted octanol–water partition coefficient (Wildman–Crippen LogP) is 6.31. The monoisotopic (exact) mass is 443 g/mol. The summed E-state index contributed by atoms with van der Waals surface area (Å²) in [7, 11) is 2.19. The van der Waals surface area contributed by atoms with E-state index in [1.54, 1.807) is 0 Å². The summed E-state index contributed by atoms with van der Waals surface area (Å²) in [4.78, 5) is 9.37. The van der Waals surface area contributed by atoms with Crippen molar-refractivity contribution < 1.29 is 0 Å². The number of rotatable bonds is 8. The molecular weight excluding hydrogens is 406 g/mol. The van der Waals surface area contributed by atoms with Crippen LogP contribution in [0.3, 0.4) is 0 Å². The lowest BCUT2D eigenvalue weighted by molar-refractivity contribution is 0.337. The normalized spacial score (nSPS) is 16.1. The van der Waals surface area contributed by atoms with E-state index in [9.17, 15) is 0 Å². The van der Waals surface area contributed by atoms with Crippen LogP contribution in [0.2, 0.25) is 0 Å². The molecule has 3 heterocycles. The Kier molecular flexibility index (Phi) is 6.43. The average molecular weight is 444 g/mol. The second kappa shape index (κ2) is 9.62. The van der Waals surface area contributed by atoms with Gasteiger partial charge in [-0.2, -0.15) is 0 Å². The predicted molar refractivity (Wildman–Crippen MR) is 141 cm³/mol. The number of nitrogens with one attached hydrogen (secondary N) is 4. The van der Waals surface area contributed by atoms with Crippen molar-refractivity contribution in [2.45, 2.75) is 44.9 Å². The molecule has 0 spiro atoms. The number of fused-ring (bicyclic) bond motifs is 2. The van der Waals surface area contributed by atoms with Crippen molar-refractivity contribution in [2.75, 3.05) is 38.5 Å². The zero-order valence-electron chi connectivity index (χ0n) is 20.2.